The monoisotopic (exact) mass is 471 g/mol. The summed E-state index contributed by atoms with van der Waals surface area (Å²) in [5.41, 5.74) is 2.42. The molecule has 5 rings (SSSR count). The zero-order valence-corrected chi connectivity index (χ0v) is 19.5. The van der Waals surface area contributed by atoms with Gasteiger partial charge in [-0.1, -0.05) is 36.4 Å². The largest absolute Gasteiger partial charge is 0.341 e. The number of amides is 2. The van der Waals surface area contributed by atoms with Gasteiger partial charge in [-0.3, -0.25) is 9.59 Å². The number of anilines is 1. The number of piperidine rings is 1. The lowest BCUT2D eigenvalue weighted by Gasteiger charge is -2.26. The summed E-state index contributed by atoms with van der Waals surface area (Å²) in [4.78, 5) is 32.6. The maximum absolute atomic E-state index is 12.9. The van der Waals surface area contributed by atoms with E-state index >= 15 is 0 Å². The lowest BCUT2D eigenvalue weighted by molar-refractivity contribution is -0.132. The molecule has 0 bridgehead atoms. The minimum atomic E-state index is -0.132. The smallest absolute Gasteiger partial charge is 0.265 e. The molecule has 8 heteroatoms. The molecule has 0 saturated carbocycles. The van der Waals surface area contributed by atoms with Crippen molar-refractivity contribution in [3.63, 3.8) is 0 Å². The third-order valence-corrected chi connectivity index (χ3v) is 6.71. The number of benzene rings is 2. The Hall–Kier alpha value is -3.78. The van der Waals surface area contributed by atoms with E-state index in [2.05, 4.69) is 5.32 Å². The number of likely N-dealkylation sites (tertiary alicyclic amines) is 1. The van der Waals surface area contributed by atoms with Gasteiger partial charge in [-0.05, 0) is 55.0 Å². The van der Waals surface area contributed by atoms with Gasteiger partial charge in [-0.15, -0.1) is 16.4 Å². The number of nitrogens with zero attached hydrogens (tertiary/aromatic N) is 4. The molecule has 0 atom stereocenters. The van der Waals surface area contributed by atoms with Gasteiger partial charge in [0, 0.05) is 29.9 Å². The molecule has 0 spiro atoms. The highest BCUT2D eigenvalue weighted by atomic mass is 32.1. The fourth-order valence-electron chi connectivity index (χ4n) is 4.05. The summed E-state index contributed by atoms with van der Waals surface area (Å²) < 4.78 is 1.70. The van der Waals surface area contributed by atoms with E-state index in [0.29, 0.717) is 22.2 Å². The van der Waals surface area contributed by atoms with E-state index in [9.17, 15) is 9.59 Å². The molecule has 1 N–H and O–H groups in total. The van der Waals surface area contributed by atoms with Crippen molar-refractivity contribution in [3.05, 3.63) is 77.0 Å². The average Bonchev–Trinajstić information content (AvgIpc) is 3.56. The number of rotatable bonds is 6. The van der Waals surface area contributed by atoms with Crippen molar-refractivity contribution in [3.8, 4) is 22.8 Å². The first kappa shape index (κ1) is 22.0. The van der Waals surface area contributed by atoms with E-state index in [1.807, 2.05) is 70.9 Å². The normalized spacial score (nSPS) is 13.6. The molecule has 2 aromatic carbocycles. The van der Waals surface area contributed by atoms with Crippen LogP contribution in [0.15, 0.2) is 72.1 Å². The van der Waals surface area contributed by atoms with Crippen molar-refractivity contribution in [2.45, 2.75) is 25.8 Å². The van der Waals surface area contributed by atoms with E-state index < -0.39 is 0 Å². The molecule has 4 aromatic rings. The molecule has 3 heterocycles. The average molecular weight is 472 g/mol. The number of hydrogen-bond acceptors (Lipinski definition) is 5. The van der Waals surface area contributed by atoms with Crippen LogP contribution in [0, 0.1) is 0 Å². The Labute approximate surface area is 202 Å². The molecular formula is C26H25N5O2S. The molecule has 7 nitrogen and oxygen atoms in total. The summed E-state index contributed by atoms with van der Waals surface area (Å²) >= 11 is 1.40. The van der Waals surface area contributed by atoms with Crippen molar-refractivity contribution >= 4 is 28.8 Å². The predicted octanol–water partition coefficient (Wildman–Crippen LogP) is 4.94. The first-order chi connectivity index (χ1) is 16.7. The van der Waals surface area contributed by atoms with Gasteiger partial charge in [0.05, 0.1) is 4.88 Å². The fraction of sp³-hybridized carbons (Fsp3) is 0.231. The van der Waals surface area contributed by atoms with Crippen molar-refractivity contribution in [2.24, 2.45) is 0 Å². The third-order valence-electron chi connectivity index (χ3n) is 5.84. The highest BCUT2D eigenvalue weighted by Gasteiger charge is 2.21. The first-order valence-corrected chi connectivity index (χ1v) is 12.3. The third kappa shape index (κ3) is 4.92. The molecular weight excluding hydrogens is 446 g/mol. The van der Waals surface area contributed by atoms with Crippen LogP contribution >= 0.6 is 11.3 Å². The van der Waals surface area contributed by atoms with Gasteiger partial charge in [0.15, 0.2) is 11.6 Å². The second-order valence-corrected chi connectivity index (χ2v) is 9.18. The van der Waals surface area contributed by atoms with Gasteiger partial charge in [0.1, 0.15) is 6.54 Å². The van der Waals surface area contributed by atoms with Crippen molar-refractivity contribution in [1.82, 2.24) is 19.7 Å². The molecule has 2 aromatic heterocycles. The van der Waals surface area contributed by atoms with Gasteiger partial charge in [-0.25, -0.2) is 9.67 Å². The fourth-order valence-corrected chi connectivity index (χ4v) is 4.67. The van der Waals surface area contributed by atoms with Crippen LogP contribution in [0.2, 0.25) is 0 Å². The van der Waals surface area contributed by atoms with Gasteiger partial charge >= 0.3 is 0 Å². The van der Waals surface area contributed by atoms with Crippen LogP contribution in [0.1, 0.15) is 28.9 Å². The Bertz CT molecular complexity index is 1260. The second-order valence-electron chi connectivity index (χ2n) is 8.23. The summed E-state index contributed by atoms with van der Waals surface area (Å²) in [7, 11) is 0. The second kappa shape index (κ2) is 10.0. The van der Waals surface area contributed by atoms with E-state index in [4.69, 9.17) is 10.1 Å². The van der Waals surface area contributed by atoms with E-state index in [-0.39, 0.29) is 18.4 Å². The van der Waals surface area contributed by atoms with Crippen molar-refractivity contribution in [2.75, 3.05) is 18.4 Å². The van der Waals surface area contributed by atoms with Gasteiger partial charge in [0.2, 0.25) is 5.91 Å². The van der Waals surface area contributed by atoms with Crippen LogP contribution in [0.25, 0.3) is 22.8 Å². The lowest BCUT2D eigenvalue weighted by atomic mass is 10.1. The van der Waals surface area contributed by atoms with Gasteiger partial charge in [0.25, 0.3) is 5.91 Å². The van der Waals surface area contributed by atoms with Crippen LogP contribution in [0.5, 0.6) is 0 Å². The molecule has 2 amide bonds. The maximum atomic E-state index is 12.9. The SMILES string of the molecule is O=C(Nc1ccc(-c2nc(-c3ccccc3)n(CC(=O)N3CCCCC3)n2)cc1)c1cccs1. The molecule has 0 aliphatic carbocycles. The molecule has 172 valence electrons. The van der Waals surface area contributed by atoms with E-state index in [1.54, 1.807) is 10.7 Å². The number of carbonyl (C=O) groups excluding carboxylic acids is 2. The van der Waals surface area contributed by atoms with Crippen LogP contribution in [0.4, 0.5) is 5.69 Å². The first-order valence-electron chi connectivity index (χ1n) is 11.4. The van der Waals surface area contributed by atoms with E-state index in [1.165, 1.54) is 17.8 Å². The van der Waals surface area contributed by atoms with Gasteiger partial charge in [-0.2, -0.15) is 0 Å². The van der Waals surface area contributed by atoms with Crippen LogP contribution in [-0.4, -0.2) is 44.6 Å². The van der Waals surface area contributed by atoms with Gasteiger partial charge < -0.3 is 10.2 Å². The number of hydrogen-bond donors (Lipinski definition) is 1. The summed E-state index contributed by atoms with van der Waals surface area (Å²) in [6.45, 7) is 1.77. The summed E-state index contributed by atoms with van der Waals surface area (Å²) in [5, 5.41) is 9.47. The minimum Gasteiger partial charge on any atom is -0.341 e. The Morgan fingerprint density at radius 1 is 0.882 bits per heavy atom. The summed E-state index contributed by atoms with van der Waals surface area (Å²) in [6, 6.07) is 20.9. The molecule has 1 fully saturated rings. The maximum Gasteiger partial charge on any atom is 0.265 e. The highest BCUT2D eigenvalue weighted by Crippen LogP contribution is 2.24. The quantitative estimate of drug-likeness (QED) is 0.432. The topological polar surface area (TPSA) is 80.1 Å². The molecule has 1 saturated heterocycles. The van der Waals surface area contributed by atoms with Crippen LogP contribution < -0.4 is 5.32 Å². The number of carbonyl (C=O) groups is 2. The number of nitrogens with one attached hydrogen (secondary N) is 1. The molecule has 0 unspecified atom stereocenters. The number of aromatic nitrogens is 3. The Balaban J connectivity index is 1.39. The van der Waals surface area contributed by atoms with Crippen molar-refractivity contribution in [1.29, 1.82) is 0 Å². The lowest BCUT2D eigenvalue weighted by Crippen LogP contribution is -2.38. The molecule has 1 aliphatic rings. The van der Waals surface area contributed by atoms with E-state index in [0.717, 1.165) is 37.1 Å². The molecule has 34 heavy (non-hydrogen) atoms. The Morgan fingerprint density at radius 2 is 1.65 bits per heavy atom. The van der Waals surface area contributed by atoms with Crippen molar-refractivity contribution < 1.29 is 9.59 Å². The Kier molecular flexibility index (Phi) is 6.49. The number of thiophene rings is 1. The minimum absolute atomic E-state index is 0.0694. The zero-order valence-electron chi connectivity index (χ0n) is 18.7. The van der Waals surface area contributed by atoms with Crippen LogP contribution in [-0.2, 0) is 11.3 Å². The molecule has 1 aliphatic heterocycles. The predicted molar refractivity (Wildman–Crippen MR) is 134 cm³/mol. The highest BCUT2D eigenvalue weighted by molar-refractivity contribution is 7.12. The zero-order chi connectivity index (χ0) is 23.3. The summed E-state index contributed by atoms with van der Waals surface area (Å²) in [6.07, 6.45) is 3.28. The summed E-state index contributed by atoms with van der Waals surface area (Å²) in [5.74, 6) is 1.14. The molecule has 0 radical (unpaired) electrons. The van der Waals surface area contributed by atoms with Crippen LogP contribution in [0.3, 0.4) is 0 Å². The Morgan fingerprint density at radius 3 is 2.35 bits per heavy atom. The standard InChI is InChI=1S/C26H25N5O2S/c32-23(30-15-5-2-6-16-30)18-31-25(20-8-3-1-4-9-20)28-24(29-31)19-11-13-21(14-12-19)27-26(33)22-10-7-17-34-22/h1,3-4,7-14,17H,2,5-6,15-16,18H2,(H,27,33).